The molecule has 138 valence electrons. The average Bonchev–Trinajstić information content (AvgIpc) is 3.11. The number of halogens is 1. The van der Waals surface area contributed by atoms with Gasteiger partial charge in [-0.2, -0.15) is 0 Å². The molecule has 0 amide bonds. The minimum atomic E-state index is -0.409. The predicted octanol–water partition coefficient (Wildman–Crippen LogP) is 4.78. The number of benzene rings is 2. The van der Waals surface area contributed by atoms with Crippen molar-refractivity contribution in [3.05, 3.63) is 81.6 Å². The van der Waals surface area contributed by atoms with Crippen LogP contribution in [0.25, 0.3) is 0 Å². The van der Waals surface area contributed by atoms with Crippen LogP contribution in [0.2, 0.25) is 0 Å². The van der Waals surface area contributed by atoms with Crippen LogP contribution in [-0.2, 0) is 11.2 Å². The van der Waals surface area contributed by atoms with Crippen LogP contribution >= 0.6 is 11.3 Å². The summed E-state index contributed by atoms with van der Waals surface area (Å²) in [4.78, 5) is 28.8. The molecule has 1 aromatic heterocycles. The molecule has 0 spiro atoms. The largest absolute Gasteiger partial charge is 0.426 e. The van der Waals surface area contributed by atoms with Crippen LogP contribution in [0.5, 0.6) is 5.75 Å². The van der Waals surface area contributed by atoms with Gasteiger partial charge in [-0.15, -0.1) is 11.3 Å². The number of carbonyl (C=O) groups excluding carboxylic acids is 2. The Bertz CT molecular complexity index is 946. The second-order valence-corrected chi connectivity index (χ2v) is 7.23. The van der Waals surface area contributed by atoms with Crippen molar-refractivity contribution in [2.75, 3.05) is 0 Å². The van der Waals surface area contributed by atoms with Gasteiger partial charge in [-0.05, 0) is 48.5 Å². The number of thiazole rings is 1. The number of ether oxygens (including phenoxy) is 1. The van der Waals surface area contributed by atoms with Crippen LogP contribution < -0.4 is 4.74 Å². The number of rotatable bonds is 6. The molecule has 0 saturated carbocycles. The average molecular weight is 383 g/mol. The van der Waals surface area contributed by atoms with E-state index in [9.17, 15) is 14.0 Å². The summed E-state index contributed by atoms with van der Waals surface area (Å²) in [6.45, 7) is 4.10. The van der Waals surface area contributed by atoms with Gasteiger partial charge in [-0.25, -0.2) is 9.37 Å². The van der Waals surface area contributed by atoms with E-state index in [2.05, 4.69) is 18.8 Å². The number of esters is 1. The number of hydrogen-bond donors (Lipinski definition) is 0. The Kier molecular flexibility index (Phi) is 5.76. The van der Waals surface area contributed by atoms with Crippen molar-refractivity contribution >= 4 is 23.1 Å². The zero-order valence-electron chi connectivity index (χ0n) is 14.9. The Morgan fingerprint density at radius 2 is 1.63 bits per heavy atom. The van der Waals surface area contributed by atoms with Gasteiger partial charge in [0.1, 0.15) is 11.6 Å². The molecule has 3 rings (SSSR count). The van der Waals surface area contributed by atoms with Gasteiger partial charge in [-0.3, -0.25) is 9.59 Å². The molecule has 0 saturated heterocycles. The fourth-order valence-corrected chi connectivity index (χ4v) is 3.26. The molecule has 0 aliphatic rings. The first-order valence-corrected chi connectivity index (χ1v) is 9.35. The van der Waals surface area contributed by atoms with Crippen molar-refractivity contribution in [3.8, 4) is 5.75 Å². The van der Waals surface area contributed by atoms with E-state index in [1.165, 1.54) is 35.6 Å². The molecule has 0 unspecified atom stereocenters. The zero-order chi connectivity index (χ0) is 19.4. The van der Waals surface area contributed by atoms with Gasteiger partial charge in [0.25, 0.3) is 0 Å². The first-order valence-electron chi connectivity index (χ1n) is 8.47. The maximum Gasteiger partial charge on any atom is 0.317 e. The SMILES string of the molecule is CC(C)c1nc(CC(=O)Oc2ccc(C(=O)c3ccc(F)cc3)cc2)cs1. The van der Waals surface area contributed by atoms with Crippen molar-refractivity contribution in [2.45, 2.75) is 26.2 Å². The van der Waals surface area contributed by atoms with Crippen molar-refractivity contribution in [2.24, 2.45) is 0 Å². The Labute approximate surface area is 160 Å². The number of ketones is 1. The van der Waals surface area contributed by atoms with Crippen molar-refractivity contribution < 1.29 is 18.7 Å². The standard InChI is InChI=1S/C21H18FNO3S/c1-13(2)21-23-17(12-27-21)11-19(24)26-18-9-5-15(6-10-18)20(25)14-3-7-16(22)8-4-14/h3-10,12-13H,11H2,1-2H3. The molecule has 6 heteroatoms. The number of nitrogens with zero attached hydrogens (tertiary/aromatic N) is 1. The number of carbonyl (C=O) groups is 2. The molecule has 27 heavy (non-hydrogen) atoms. The molecule has 2 aromatic carbocycles. The van der Waals surface area contributed by atoms with Crippen LogP contribution in [0.3, 0.4) is 0 Å². The molecule has 0 N–H and O–H groups in total. The fourth-order valence-electron chi connectivity index (χ4n) is 2.43. The molecule has 0 aliphatic carbocycles. The third-order valence-electron chi connectivity index (χ3n) is 3.84. The summed E-state index contributed by atoms with van der Waals surface area (Å²) in [6, 6.07) is 11.6. The van der Waals surface area contributed by atoms with Crippen molar-refractivity contribution in [1.29, 1.82) is 0 Å². The molecule has 0 radical (unpaired) electrons. The van der Waals surface area contributed by atoms with Gasteiger partial charge in [0, 0.05) is 22.4 Å². The zero-order valence-corrected chi connectivity index (χ0v) is 15.8. The lowest BCUT2D eigenvalue weighted by atomic mass is 10.0. The first-order chi connectivity index (χ1) is 12.9. The third kappa shape index (κ3) is 4.86. The van der Waals surface area contributed by atoms with E-state index in [0.717, 1.165) is 5.01 Å². The van der Waals surface area contributed by atoms with E-state index in [4.69, 9.17) is 4.74 Å². The molecular weight excluding hydrogens is 365 g/mol. The van der Waals surface area contributed by atoms with Crippen LogP contribution in [0.4, 0.5) is 4.39 Å². The Morgan fingerprint density at radius 1 is 1.04 bits per heavy atom. The smallest absolute Gasteiger partial charge is 0.317 e. The fraction of sp³-hybridized carbons (Fsp3) is 0.190. The normalized spacial score (nSPS) is 10.8. The van der Waals surface area contributed by atoms with Gasteiger partial charge >= 0.3 is 5.97 Å². The van der Waals surface area contributed by atoms with E-state index in [0.29, 0.717) is 28.5 Å². The quantitative estimate of drug-likeness (QED) is 0.349. The monoisotopic (exact) mass is 383 g/mol. The lowest BCUT2D eigenvalue weighted by Gasteiger charge is -2.05. The lowest BCUT2D eigenvalue weighted by molar-refractivity contribution is -0.133. The molecule has 3 aromatic rings. The van der Waals surface area contributed by atoms with Crippen molar-refractivity contribution in [3.63, 3.8) is 0 Å². The van der Waals surface area contributed by atoms with Gasteiger partial charge < -0.3 is 4.74 Å². The Balaban J connectivity index is 1.62. The summed E-state index contributed by atoms with van der Waals surface area (Å²) < 4.78 is 18.3. The summed E-state index contributed by atoms with van der Waals surface area (Å²) in [5.41, 5.74) is 1.52. The Morgan fingerprint density at radius 3 is 2.19 bits per heavy atom. The van der Waals surface area contributed by atoms with E-state index >= 15 is 0 Å². The van der Waals surface area contributed by atoms with Gasteiger partial charge in [0.15, 0.2) is 5.78 Å². The van der Waals surface area contributed by atoms with E-state index < -0.39 is 11.8 Å². The molecule has 1 heterocycles. The molecule has 0 aliphatic heterocycles. The molecule has 0 bridgehead atoms. The van der Waals surface area contributed by atoms with Crippen LogP contribution in [0.15, 0.2) is 53.9 Å². The summed E-state index contributed by atoms with van der Waals surface area (Å²) in [5, 5.41) is 2.85. The maximum absolute atomic E-state index is 13.0. The highest BCUT2D eigenvalue weighted by atomic mass is 32.1. The van der Waals surface area contributed by atoms with E-state index in [-0.39, 0.29) is 12.2 Å². The molecule has 0 atom stereocenters. The van der Waals surface area contributed by atoms with E-state index in [1.54, 1.807) is 24.3 Å². The highest BCUT2D eigenvalue weighted by Gasteiger charge is 2.13. The van der Waals surface area contributed by atoms with E-state index in [1.807, 2.05) is 5.38 Å². The van der Waals surface area contributed by atoms with Gasteiger partial charge in [-0.1, -0.05) is 13.8 Å². The van der Waals surface area contributed by atoms with Crippen LogP contribution in [-0.4, -0.2) is 16.7 Å². The first kappa shape index (κ1) is 18.9. The summed E-state index contributed by atoms with van der Waals surface area (Å²) >= 11 is 1.53. The maximum atomic E-state index is 13.0. The third-order valence-corrected chi connectivity index (χ3v) is 5.04. The number of aromatic nitrogens is 1. The topological polar surface area (TPSA) is 56.3 Å². The highest BCUT2D eigenvalue weighted by Crippen LogP contribution is 2.20. The molecule has 4 nitrogen and oxygen atoms in total. The Hall–Kier alpha value is -2.86. The number of hydrogen-bond acceptors (Lipinski definition) is 5. The minimum absolute atomic E-state index is 0.0967. The van der Waals surface area contributed by atoms with Crippen LogP contribution in [0, 0.1) is 5.82 Å². The summed E-state index contributed by atoms with van der Waals surface area (Å²) in [7, 11) is 0. The van der Waals surface area contributed by atoms with Crippen LogP contribution in [0.1, 0.15) is 46.4 Å². The second-order valence-electron chi connectivity index (χ2n) is 6.34. The summed E-state index contributed by atoms with van der Waals surface area (Å²) in [6.07, 6.45) is 0.0967. The van der Waals surface area contributed by atoms with Crippen molar-refractivity contribution in [1.82, 2.24) is 4.98 Å². The van der Waals surface area contributed by atoms with Gasteiger partial charge in [0.05, 0.1) is 17.1 Å². The summed E-state index contributed by atoms with van der Waals surface area (Å²) in [5.74, 6) is -0.347. The van der Waals surface area contributed by atoms with Gasteiger partial charge in [0.2, 0.25) is 0 Å². The highest BCUT2D eigenvalue weighted by molar-refractivity contribution is 7.09. The lowest BCUT2D eigenvalue weighted by Crippen LogP contribution is -2.11. The molecular formula is C21H18FNO3S. The second kappa shape index (κ2) is 8.22. The predicted molar refractivity (Wildman–Crippen MR) is 102 cm³/mol. The molecule has 0 fully saturated rings. The minimum Gasteiger partial charge on any atom is -0.426 e.